The number of fused-ring (bicyclic) bond motifs is 1. The Bertz CT molecular complexity index is 562. The molecular formula is C9H5FN2O3. The summed E-state index contributed by atoms with van der Waals surface area (Å²) >= 11 is 0. The van der Waals surface area contributed by atoms with Crippen molar-refractivity contribution in [1.29, 1.82) is 0 Å². The summed E-state index contributed by atoms with van der Waals surface area (Å²) in [6.07, 6.45) is 0.325. The molecule has 0 amide bonds. The van der Waals surface area contributed by atoms with Crippen LogP contribution in [0.5, 0.6) is 0 Å². The van der Waals surface area contributed by atoms with Crippen molar-refractivity contribution >= 4 is 23.3 Å². The molecule has 0 saturated carbocycles. The molecule has 1 heterocycles. The van der Waals surface area contributed by atoms with Crippen LogP contribution in [0.3, 0.4) is 0 Å². The van der Waals surface area contributed by atoms with Gasteiger partial charge in [-0.1, -0.05) is 0 Å². The number of aromatic nitrogens is 2. The van der Waals surface area contributed by atoms with Crippen molar-refractivity contribution < 1.29 is 19.1 Å². The van der Waals surface area contributed by atoms with E-state index in [1.54, 1.807) is 0 Å². The lowest BCUT2D eigenvalue weighted by atomic mass is 10.1. The van der Waals surface area contributed by atoms with Gasteiger partial charge in [0, 0.05) is 11.5 Å². The number of carbonyl (C=O) groups excluding carboxylic acids is 1. The van der Waals surface area contributed by atoms with E-state index in [9.17, 15) is 14.0 Å². The molecule has 2 aromatic rings. The summed E-state index contributed by atoms with van der Waals surface area (Å²) in [5.74, 6) is -0.763. The van der Waals surface area contributed by atoms with E-state index in [4.69, 9.17) is 5.11 Å². The first-order valence-corrected chi connectivity index (χ1v) is 3.99. The molecule has 0 radical (unpaired) electrons. The monoisotopic (exact) mass is 208 g/mol. The minimum Gasteiger partial charge on any atom is -0.463 e. The highest BCUT2D eigenvalue weighted by Crippen LogP contribution is 2.17. The highest BCUT2D eigenvalue weighted by Gasteiger charge is 2.11. The van der Waals surface area contributed by atoms with Crippen molar-refractivity contribution in [1.82, 2.24) is 9.78 Å². The predicted molar refractivity (Wildman–Crippen MR) is 48.5 cm³/mol. The van der Waals surface area contributed by atoms with E-state index < -0.39 is 11.9 Å². The SMILES string of the molecule is O=Cc1cc2cnn(C(=O)O)c2cc1F. The Labute approximate surface area is 82.7 Å². The van der Waals surface area contributed by atoms with Crippen LogP contribution < -0.4 is 0 Å². The quantitative estimate of drug-likeness (QED) is 0.721. The van der Waals surface area contributed by atoms with E-state index in [-0.39, 0.29) is 11.1 Å². The maximum absolute atomic E-state index is 13.2. The van der Waals surface area contributed by atoms with Gasteiger partial charge >= 0.3 is 6.09 Å². The van der Waals surface area contributed by atoms with Crippen molar-refractivity contribution in [3.63, 3.8) is 0 Å². The van der Waals surface area contributed by atoms with Crippen LogP contribution in [0.1, 0.15) is 10.4 Å². The van der Waals surface area contributed by atoms with Crippen molar-refractivity contribution in [2.75, 3.05) is 0 Å². The summed E-state index contributed by atoms with van der Waals surface area (Å²) in [5.41, 5.74) is -0.00182. The smallest absolute Gasteiger partial charge is 0.432 e. The first-order valence-electron chi connectivity index (χ1n) is 3.99. The lowest BCUT2D eigenvalue weighted by molar-refractivity contribution is 0.112. The lowest BCUT2D eigenvalue weighted by Gasteiger charge is -1.97. The van der Waals surface area contributed by atoms with Crippen LogP contribution in [0.25, 0.3) is 10.9 Å². The number of rotatable bonds is 1. The van der Waals surface area contributed by atoms with Crippen LogP contribution in [0, 0.1) is 5.82 Å². The fourth-order valence-electron chi connectivity index (χ4n) is 1.31. The van der Waals surface area contributed by atoms with Crippen LogP contribution in [-0.2, 0) is 0 Å². The van der Waals surface area contributed by atoms with E-state index >= 15 is 0 Å². The predicted octanol–water partition coefficient (Wildman–Crippen LogP) is 1.51. The van der Waals surface area contributed by atoms with Gasteiger partial charge in [-0.15, -0.1) is 0 Å². The first kappa shape index (κ1) is 9.32. The highest BCUT2D eigenvalue weighted by molar-refractivity contribution is 5.91. The molecule has 0 saturated heterocycles. The molecule has 2 rings (SSSR count). The molecule has 0 bridgehead atoms. The minimum atomic E-state index is -1.30. The number of benzene rings is 1. The number of hydrogen-bond acceptors (Lipinski definition) is 3. The average Bonchev–Trinajstić information content (AvgIpc) is 2.59. The zero-order valence-corrected chi connectivity index (χ0v) is 7.35. The minimum absolute atomic E-state index is 0.116. The molecule has 1 N–H and O–H groups in total. The summed E-state index contributed by atoms with van der Waals surface area (Å²) in [6, 6.07) is 2.23. The maximum atomic E-state index is 13.2. The van der Waals surface area contributed by atoms with Gasteiger partial charge in [-0.25, -0.2) is 9.18 Å². The summed E-state index contributed by atoms with van der Waals surface area (Å²) < 4.78 is 13.8. The third kappa shape index (κ3) is 1.35. The summed E-state index contributed by atoms with van der Waals surface area (Å²) in [4.78, 5) is 21.1. The van der Waals surface area contributed by atoms with Crippen LogP contribution in [0.4, 0.5) is 9.18 Å². The molecule has 0 atom stereocenters. The Balaban J connectivity index is 2.78. The second kappa shape index (κ2) is 3.16. The van der Waals surface area contributed by atoms with E-state index in [1.165, 1.54) is 12.3 Å². The van der Waals surface area contributed by atoms with Gasteiger partial charge in [-0.2, -0.15) is 9.78 Å². The molecule has 0 aliphatic rings. The van der Waals surface area contributed by atoms with Gasteiger partial charge in [0.2, 0.25) is 0 Å². The second-order valence-corrected chi connectivity index (χ2v) is 2.89. The number of aldehydes is 1. The van der Waals surface area contributed by atoms with Crippen molar-refractivity contribution in [3.8, 4) is 0 Å². The zero-order chi connectivity index (χ0) is 11.0. The first-order chi connectivity index (χ1) is 7.13. The maximum Gasteiger partial charge on any atom is 0.432 e. The third-order valence-corrected chi connectivity index (χ3v) is 1.99. The Morgan fingerprint density at radius 1 is 1.53 bits per heavy atom. The largest absolute Gasteiger partial charge is 0.463 e. The van der Waals surface area contributed by atoms with Crippen molar-refractivity contribution in [2.45, 2.75) is 0 Å². The zero-order valence-electron chi connectivity index (χ0n) is 7.35. The van der Waals surface area contributed by atoms with E-state index in [0.29, 0.717) is 16.4 Å². The van der Waals surface area contributed by atoms with Gasteiger partial charge in [-0.3, -0.25) is 4.79 Å². The van der Waals surface area contributed by atoms with E-state index in [0.717, 1.165) is 6.07 Å². The van der Waals surface area contributed by atoms with Gasteiger partial charge < -0.3 is 5.11 Å². The summed E-state index contributed by atoms with van der Waals surface area (Å²) in [6.45, 7) is 0. The molecule has 1 aromatic heterocycles. The molecule has 0 fully saturated rings. The van der Waals surface area contributed by atoms with Gasteiger partial charge in [0.05, 0.1) is 17.3 Å². The molecular weight excluding hydrogens is 203 g/mol. The molecule has 6 heteroatoms. The molecule has 1 aromatic carbocycles. The Kier molecular flexibility index (Phi) is 1.96. The number of halogens is 1. The number of nitrogens with zero attached hydrogens (tertiary/aromatic N) is 2. The Morgan fingerprint density at radius 3 is 2.87 bits per heavy atom. The summed E-state index contributed by atoms with van der Waals surface area (Å²) in [5, 5.41) is 12.6. The Morgan fingerprint density at radius 2 is 2.27 bits per heavy atom. The Hall–Kier alpha value is -2.24. The normalized spacial score (nSPS) is 10.5. The molecule has 5 nitrogen and oxygen atoms in total. The average molecular weight is 208 g/mol. The molecule has 76 valence electrons. The lowest BCUT2D eigenvalue weighted by Crippen LogP contribution is -2.09. The number of carboxylic acid groups (broad SMARTS) is 1. The highest BCUT2D eigenvalue weighted by atomic mass is 19.1. The number of hydrogen-bond donors (Lipinski definition) is 1. The fourth-order valence-corrected chi connectivity index (χ4v) is 1.31. The molecule has 0 spiro atoms. The molecule has 0 unspecified atom stereocenters. The van der Waals surface area contributed by atoms with Gasteiger partial charge in [0.1, 0.15) is 5.82 Å². The topological polar surface area (TPSA) is 72.2 Å². The second-order valence-electron chi connectivity index (χ2n) is 2.89. The molecule has 0 aliphatic heterocycles. The van der Waals surface area contributed by atoms with Crippen molar-refractivity contribution in [2.24, 2.45) is 0 Å². The van der Waals surface area contributed by atoms with E-state index in [1.807, 2.05) is 0 Å². The molecule has 15 heavy (non-hydrogen) atoms. The summed E-state index contributed by atoms with van der Waals surface area (Å²) in [7, 11) is 0. The van der Waals surface area contributed by atoms with Crippen LogP contribution >= 0.6 is 0 Å². The molecule has 0 aliphatic carbocycles. The fraction of sp³-hybridized carbons (Fsp3) is 0. The van der Waals surface area contributed by atoms with Crippen LogP contribution in [0.2, 0.25) is 0 Å². The number of carbonyl (C=O) groups is 2. The van der Waals surface area contributed by atoms with Gasteiger partial charge in [0.15, 0.2) is 6.29 Å². The van der Waals surface area contributed by atoms with Crippen LogP contribution in [-0.4, -0.2) is 27.3 Å². The van der Waals surface area contributed by atoms with Gasteiger partial charge in [-0.05, 0) is 6.07 Å². The van der Waals surface area contributed by atoms with E-state index in [2.05, 4.69) is 5.10 Å². The van der Waals surface area contributed by atoms with Crippen molar-refractivity contribution in [3.05, 3.63) is 29.7 Å². The third-order valence-electron chi connectivity index (χ3n) is 1.99. The van der Waals surface area contributed by atoms with Crippen LogP contribution in [0.15, 0.2) is 18.3 Å². The van der Waals surface area contributed by atoms with Gasteiger partial charge in [0.25, 0.3) is 0 Å². The standard InChI is InChI=1S/C9H5FN2O3/c10-7-2-8-5(1-6(7)4-13)3-11-12(8)9(14)15/h1-4H,(H,14,15).